The number of thiazole rings is 1. The summed E-state index contributed by atoms with van der Waals surface area (Å²) in [4.78, 5) is 17.8. The van der Waals surface area contributed by atoms with Crippen LogP contribution in [-0.2, 0) is 5.41 Å². The first kappa shape index (κ1) is 13.4. The van der Waals surface area contributed by atoms with E-state index in [1.165, 1.54) is 11.3 Å². The zero-order chi connectivity index (χ0) is 15.0. The number of nitrogens with two attached hydrogens (primary N) is 1. The van der Waals surface area contributed by atoms with E-state index in [4.69, 9.17) is 11.0 Å². The molecule has 2 N–H and O–H groups in total. The van der Waals surface area contributed by atoms with Crippen LogP contribution in [0.3, 0.4) is 0 Å². The van der Waals surface area contributed by atoms with Crippen molar-refractivity contribution in [3.05, 3.63) is 30.1 Å². The molecule has 0 bridgehead atoms. The number of pyridine rings is 1. The van der Waals surface area contributed by atoms with Gasteiger partial charge in [0.1, 0.15) is 5.69 Å². The quantitative estimate of drug-likeness (QED) is 0.779. The number of nitriles is 1. The molecule has 0 atom stereocenters. The SMILES string of the molecule is CC(C)(C#N)c1ccc(-c2cnc3nc(N)sc3n2)nc1. The number of anilines is 1. The molecule has 3 aromatic heterocycles. The number of hydrogen-bond donors (Lipinski definition) is 1. The molecule has 3 rings (SSSR count). The molecular formula is C14H12N6S. The summed E-state index contributed by atoms with van der Waals surface area (Å²) in [6, 6.07) is 5.98. The first-order chi connectivity index (χ1) is 9.99. The summed E-state index contributed by atoms with van der Waals surface area (Å²) in [5, 5.41) is 9.58. The van der Waals surface area contributed by atoms with E-state index in [2.05, 4.69) is 26.0 Å². The maximum absolute atomic E-state index is 9.14. The van der Waals surface area contributed by atoms with E-state index >= 15 is 0 Å². The Balaban J connectivity index is 2.01. The average Bonchev–Trinajstić information content (AvgIpc) is 2.86. The summed E-state index contributed by atoms with van der Waals surface area (Å²) in [5.41, 5.74) is 7.85. The van der Waals surface area contributed by atoms with E-state index in [9.17, 15) is 0 Å². The Kier molecular flexibility index (Phi) is 3.03. The number of fused-ring (bicyclic) bond motifs is 1. The summed E-state index contributed by atoms with van der Waals surface area (Å²) in [6.45, 7) is 3.71. The lowest BCUT2D eigenvalue weighted by atomic mass is 9.87. The largest absolute Gasteiger partial charge is 0.375 e. The second-order valence-corrected chi connectivity index (χ2v) is 6.11. The Morgan fingerprint density at radius 2 is 1.95 bits per heavy atom. The Morgan fingerprint density at radius 1 is 1.14 bits per heavy atom. The van der Waals surface area contributed by atoms with Gasteiger partial charge in [0.05, 0.1) is 23.4 Å². The molecule has 3 heterocycles. The van der Waals surface area contributed by atoms with Crippen molar-refractivity contribution in [2.24, 2.45) is 0 Å². The third-order valence-corrected chi connectivity index (χ3v) is 3.93. The van der Waals surface area contributed by atoms with Gasteiger partial charge in [-0.3, -0.25) is 4.98 Å². The lowest BCUT2D eigenvalue weighted by molar-refractivity contribution is 0.683. The second kappa shape index (κ2) is 4.75. The molecule has 0 aromatic carbocycles. The van der Waals surface area contributed by atoms with Crippen LogP contribution < -0.4 is 5.73 Å². The van der Waals surface area contributed by atoms with Crippen LogP contribution in [0.4, 0.5) is 5.13 Å². The molecule has 0 unspecified atom stereocenters. The highest BCUT2D eigenvalue weighted by Gasteiger charge is 2.20. The van der Waals surface area contributed by atoms with Crippen LogP contribution in [0.1, 0.15) is 19.4 Å². The molecule has 0 aliphatic rings. The van der Waals surface area contributed by atoms with Gasteiger partial charge < -0.3 is 5.73 Å². The average molecular weight is 296 g/mol. The van der Waals surface area contributed by atoms with Crippen LogP contribution in [0, 0.1) is 11.3 Å². The third-order valence-electron chi connectivity index (χ3n) is 3.17. The van der Waals surface area contributed by atoms with Gasteiger partial charge in [-0.05, 0) is 25.5 Å². The van der Waals surface area contributed by atoms with E-state index < -0.39 is 5.41 Å². The fourth-order valence-electron chi connectivity index (χ4n) is 1.84. The number of rotatable bonds is 2. The van der Waals surface area contributed by atoms with E-state index in [0.29, 0.717) is 27.0 Å². The van der Waals surface area contributed by atoms with Gasteiger partial charge in [0, 0.05) is 6.20 Å². The highest BCUT2D eigenvalue weighted by atomic mass is 32.1. The first-order valence-electron chi connectivity index (χ1n) is 6.27. The van der Waals surface area contributed by atoms with Crippen molar-refractivity contribution >= 4 is 26.9 Å². The molecule has 6 nitrogen and oxygen atoms in total. The van der Waals surface area contributed by atoms with Crippen LogP contribution in [-0.4, -0.2) is 19.9 Å². The normalized spacial score (nSPS) is 11.5. The van der Waals surface area contributed by atoms with Crippen molar-refractivity contribution in [1.82, 2.24) is 19.9 Å². The minimum atomic E-state index is -0.562. The Bertz CT molecular complexity index is 844. The standard InChI is InChI=1S/C14H12N6S/c1-14(2,7-15)8-3-4-9(17-5-8)10-6-18-11-12(19-10)21-13(16)20-11/h3-6H,1-2H3,(H2,16,18,20). The monoisotopic (exact) mass is 296 g/mol. The van der Waals surface area contributed by atoms with Crippen LogP contribution in [0.5, 0.6) is 0 Å². The minimum Gasteiger partial charge on any atom is -0.375 e. The second-order valence-electron chi connectivity index (χ2n) is 5.11. The molecule has 0 aliphatic carbocycles. The van der Waals surface area contributed by atoms with Gasteiger partial charge in [-0.15, -0.1) is 0 Å². The molecule has 21 heavy (non-hydrogen) atoms. The lowest BCUT2D eigenvalue weighted by Gasteiger charge is -2.15. The number of nitrogens with zero attached hydrogens (tertiary/aromatic N) is 5. The molecular weight excluding hydrogens is 284 g/mol. The van der Waals surface area contributed by atoms with Crippen molar-refractivity contribution in [2.45, 2.75) is 19.3 Å². The third kappa shape index (κ3) is 2.41. The van der Waals surface area contributed by atoms with Crippen molar-refractivity contribution in [2.75, 3.05) is 5.73 Å². The van der Waals surface area contributed by atoms with Crippen LogP contribution in [0.2, 0.25) is 0 Å². The maximum Gasteiger partial charge on any atom is 0.191 e. The molecule has 0 radical (unpaired) electrons. The van der Waals surface area contributed by atoms with Crippen molar-refractivity contribution in [3.8, 4) is 17.5 Å². The van der Waals surface area contributed by atoms with Crippen molar-refractivity contribution in [1.29, 1.82) is 5.26 Å². The van der Waals surface area contributed by atoms with Crippen LogP contribution in [0.15, 0.2) is 24.5 Å². The van der Waals surface area contributed by atoms with E-state index in [1.54, 1.807) is 12.4 Å². The summed E-state index contributed by atoms with van der Waals surface area (Å²) in [6.07, 6.45) is 3.32. The predicted molar refractivity (Wildman–Crippen MR) is 81.5 cm³/mol. The van der Waals surface area contributed by atoms with Gasteiger partial charge in [-0.1, -0.05) is 17.4 Å². The van der Waals surface area contributed by atoms with E-state index in [-0.39, 0.29) is 0 Å². The lowest BCUT2D eigenvalue weighted by Crippen LogP contribution is -2.14. The molecule has 0 aliphatic heterocycles. The molecule has 104 valence electrons. The van der Waals surface area contributed by atoms with Crippen LogP contribution in [0.25, 0.3) is 21.9 Å². The number of nitrogen functional groups attached to an aromatic ring is 1. The predicted octanol–water partition coefficient (Wildman–Crippen LogP) is 2.53. The minimum absolute atomic E-state index is 0.446. The van der Waals surface area contributed by atoms with Crippen molar-refractivity contribution < 1.29 is 0 Å². The molecule has 0 amide bonds. The first-order valence-corrected chi connectivity index (χ1v) is 7.08. The summed E-state index contributed by atoms with van der Waals surface area (Å²) in [5.74, 6) is 0. The van der Waals surface area contributed by atoms with Gasteiger partial charge in [-0.25, -0.2) is 9.97 Å². The zero-order valence-corrected chi connectivity index (χ0v) is 12.3. The van der Waals surface area contributed by atoms with Gasteiger partial charge >= 0.3 is 0 Å². The highest BCUT2D eigenvalue weighted by molar-refractivity contribution is 7.21. The van der Waals surface area contributed by atoms with Gasteiger partial charge in [0.2, 0.25) is 0 Å². The summed E-state index contributed by atoms with van der Waals surface area (Å²) >= 11 is 1.29. The molecule has 0 fully saturated rings. The van der Waals surface area contributed by atoms with Crippen LogP contribution >= 0.6 is 11.3 Å². The fraction of sp³-hybridized carbons (Fsp3) is 0.214. The van der Waals surface area contributed by atoms with E-state index in [0.717, 1.165) is 5.56 Å². The Hall–Kier alpha value is -2.59. The maximum atomic E-state index is 9.14. The van der Waals surface area contributed by atoms with Gasteiger partial charge in [-0.2, -0.15) is 10.2 Å². The van der Waals surface area contributed by atoms with Gasteiger partial charge in [0.15, 0.2) is 15.6 Å². The van der Waals surface area contributed by atoms with Gasteiger partial charge in [0.25, 0.3) is 0 Å². The van der Waals surface area contributed by atoms with E-state index in [1.807, 2.05) is 26.0 Å². The zero-order valence-electron chi connectivity index (χ0n) is 11.5. The summed E-state index contributed by atoms with van der Waals surface area (Å²) in [7, 11) is 0. The Labute approximate surface area is 125 Å². The fourth-order valence-corrected chi connectivity index (χ4v) is 2.50. The molecule has 0 spiro atoms. The molecule has 3 aromatic rings. The topological polar surface area (TPSA) is 101 Å². The molecule has 0 saturated carbocycles. The summed E-state index contributed by atoms with van der Waals surface area (Å²) < 4.78 is 0. The Morgan fingerprint density at radius 3 is 2.62 bits per heavy atom. The number of aromatic nitrogens is 4. The number of hydrogen-bond acceptors (Lipinski definition) is 7. The molecule has 7 heteroatoms. The molecule has 0 saturated heterocycles. The highest BCUT2D eigenvalue weighted by Crippen LogP contribution is 2.25. The smallest absolute Gasteiger partial charge is 0.191 e. The van der Waals surface area contributed by atoms with Crippen molar-refractivity contribution in [3.63, 3.8) is 0 Å².